The number of nitrogens with zero attached hydrogens (tertiary/aromatic N) is 2. The third-order valence-electron chi connectivity index (χ3n) is 3.23. The Morgan fingerprint density at radius 3 is 2.90 bits per heavy atom. The number of rotatable bonds is 7. The maximum atomic E-state index is 10.9. The molecule has 7 heteroatoms. The minimum atomic E-state index is -0.953. The van der Waals surface area contributed by atoms with Crippen molar-refractivity contribution >= 4 is 5.97 Å². The topological polar surface area (TPSA) is 94.7 Å². The van der Waals surface area contributed by atoms with Crippen molar-refractivity contribution in [3.05, 3.63) is 11.7 Å². The van der Waals surface area contributed by atoms with Crippen LogP contribution in [0.1, 0.15) is 63.5 Å². The monoisotopic (exact) mass is 284 g/mol. The van der Waals surface area contributed by atoms with Crippen LogP contribution in [0.4, 0.5) is 0 Å². The van der Waals surface area contributed by atoms with E-state index >= 15 is 0 Å². The Balaban J connectivity index is 2.03. The zero-order chi connectivity index (χ0) is 14.5. The molecule has 0 bridgehead atoms. The molecule has 0 radical (unpaired) electrons. The summed E-state index contributed by atoms with van der Waals surface area (Å²) in [6.07, 6.45) is 1.41. The molecule has 3 unspecified atom stereocenters. The Morgan fingerprint density at radius 1 is 1.50 bits per heavy atom. The molecule has 1 aromatic heterocycles. The van der Waals surface area contributed by atoms with Crippen molar-refractivity contribution in [1.82, 2.24) is 10.1 Å². The van der Waals surface area contributed by atoms with Gasteiger partial charge >= 0.3 is 5.97 Å². The molecule has 1 N–H and O–H groups in total. The molecule has 112 valence electrons. The van der Waals surface area contributed by atoms with Crippen LogP contribution in [0.3, 0.4) is 0 Å². The molecule has 20 heavy (non-hydrogen) atoms. The summed E-state index contributed by atoms with van der Waals surface area (Å²) in [5.41, 5.74) is 0. The second kappa shape index (κ2) is 6.81. The molecule has 1 fully saturated rings. The summed E-state index contributed by atoms with van der Waals surface area (Å²) in [5, 5.41) is 12.8. The molecule has 0 aromatic carbocycles. The van der Waals surface area contributed by atoms with Gasteiger partial charge < -0.3 is 19.1 Å². The van der Waals surface area contributed by atoms with Gasteiger partial charge in [-0.15, -0.1) is 0 Å². The number of ether oxygens (including phenoxy) is 2. The maximum absolute atomic E-state index is 10.9. The van der Waals surface area contributed by atoms with E-state index in [0.29, 0.717) is 31.2 Å². The molecule has 2 rings (SSSR count). The van der Waals surface area contributed by atoms with Crippen LogP contribution in [0.5, 0.6) is 0 Å². The Morgan fingerprint density at radius 2 is 2.30 bits per heavy atom. The van der Waals surface area contributed by atoms with Gasteiger partial charge in [0.15, 0.2) is 6.10 Å². The summed E-state index contributed by atoms with van der Waals surface area (Å²) >= 11 is 0. The highest BCUT2D eigenvalue weighted by Crippen LogP contribution is 2.32. The first kappa shape index (κ1) is 14.9. The maximum Gasteiger partial charge on any atom is 0.332 e. The fourth-order valence-electron chi connectivity index (χ4n) is 2.26. The highest BCUT2D eigenvalue weighted by molar-refractivity contribution is 5.72. The van der Waals surface area contributed by atoms with Crippen LogP contribution in [0, 0.1) is 0 Å². The molecule has 0 spiro atoms. The van der Waals surface area contributed by atoms with E-state index in [2.05, 4.69) is 17.1 Å². The molecule has 7 nitrogen and oxygen atoms in total. The van der Waals surface area contributed by atoms with E-state index in [1.165, 1.54) is 0 Å². The van der Waals surface area contributed by atoms with E-state index in [4.69, 9.17) is 19.1 Å². The van der Waals surface area contributed by atoms with Gasteiger partial charge in [-0.25, -0.2) is 4.79 Å². The lowest BCUT2D eigenvalue weighted by molar-refractivity contribution is -0.150. The molecule has 1 aliphatic heterocycles. The molecule has 1 aliphatic rings. The molecule has 1 aromatic rings. The first-order valence-corrected chi connectivity index (χ1v) is 6.99. The molecule has 3 atom stereocenters. The second-order valence-corrected chi connectivity index (χ2v) is 4.75. The van der Waals surface area contributed by atoms with Crippen LogP contribution in [-0.2, 0) is 14.3 Å². The van der Waals surface area contributed by atoms with E-state index in [0.717, 1.165) is 12.8 Å². The van der Waals surface area contributed by atoms with Crippen LogP contribution >= 0.6 is 0 Å². The van der Waals surface area contributed by atoms with Gasteiger partial charge in [-0.05, 0) is 26.2 Å². The van der Waals surface area contributed by atoms with Crippen molar-refractivity contribution in [3.63, 3.8) is 0 Å². The van der Waals surface area contributed by atoms with Crippen molar-refractivity contribution in [2.24, 2.45) is 0 Å². The van der Waals surface area contributed by atoms with Crippen molar-refractivity contribution < 1.29 is 23.9 Å². The molecule has 1 saturated heterocycles. The summed E-state index contributed by atoms with van der Waals surface area (Å²) in [7, 11) is 0. The Bertz CT molecular complexity index is 442. The van der Waals surface area contributed by atoms with Gasteiger partial charge in [0.1, 0.15) is 12.2 Å². The quantitative estimate of drug-likeness (QED) is 0.820. The van der Waals surface area contributed by atoms with Gasteiger partial charge in [0.05, 0.1) is 0 Å². The molecule has 0 aliphatic carbocycles. The third-order valence-corrected chi connectivity index (χ3v) is 3.23. The zero-order valence-corrected chi connectivity index (χ0v) is 11.7. The number of aliphatic carboxylic acids is 1. The summed E-state index contributed by atoms with van der Waals surface area (Å²) in [5.74, 6) is -0.110. The van der Waals surface area contributed by atoms with Crippen LogP contribution in [0.2, 0.25) is 0 Å². The smallest absolute Gasteiger partial charge is 0.332 e. The van der Waals surface area contributed by atoms with E-state index in [1.54, 1.807) is 0 Å². The normalized spacial score (nSPS) is 23.9. The third kappa shape index (κ3) is 3.34. The summed E-state index contributed by atoms with van der Waals surface area (Å²) in [6.45, 7) is 4.56. The lowest BCUT2D eigenvalue weighted by atomic mass is 10.2. The SMILES string of the molecule is CCCC(OCC)c1noc(C2CCC(C(=O)O)O2)n1. The van der Waals surface area contributed by atoms with Crippen molar-refractivity contribution in [1.29, 1.82) is 0 Å². The second-order valence-electron chi connectivity index (χ2n) is 4.75. The molecular weight excluding hydrogens is 264 g/mol. The van der Waals surface area contributed by atoms with Gasteiger partial charge in [0.2, 0.25) is 5.82 Å². The van der Waals surface area contributed by atoms with Crippen molar-refractivity contribution in [2.75, 3.05) is 6.61 Å². The van der Waals surface area contributed by atoms with Gasteiger partial charge in [-0.1, -0.05) is 18.5 Å². The molecule has 2 heterocycles. The Kier molecular flexibility index (Phi) is 5.08. The number of carboxylic acid groups (broad SMARTS) is 1. The van der Waals surface area contributed by atoms with Crippen LogP contribution in [0.15, 0.2) is 4.52 Å². The number of aromatic nitrogens is 2. The molecule has 0 amide bonds. The van der Waals surface area contributed by atoms with Crippen molar-refractivity contribution in [2.45, 2.75) is 57.8 Å². The first-order valence-electron chi connectivity index (χ1n) is 6.99. The highest BCUT2D eigenvalue weighted by atomic mass is 16.6. The van der Waals surface area contributed by atoms with Gasteiger partial charge in [0, 0.05) is 6.61 Å². The minimum Gasteiger partial charge on any atom is -0.479 e. The lowest BCUT2D eigenvalue weighted by Crippen LogP contribution is -2.18. The number of carbonyl (C=O) groups is 1. The molecular formula is C13H20N2O5. The van der Waals surface area contributed by atoms with Gasteiger partial charge in [-0.2, -0.15) is 4.98 Å². The summed E-state index contributed by atoms with van der Waals surface area (Å²) in [4.78, 5) is 15.2. The van der Waals surface area contributed by atoms with E-state index < -0.39 is 18.2 Å². The summed E-state index contributed by atoms with van der Waals surface area (Å²) in [6, 6.07) is 0. The zero-order valence-electron chi connectivity index (χ0n) is 11.7. The van der Waals surface area contributed by atoms with E-state index in [-0.39, 0.29) is 6.10 Å². The highest BCUT2D eigenvalue weighted by Gasteiger charge is 2.35. The van der Waals surface area contributed by atoms with Crippen LogP contribution in [0.25, 0.3) is 0 Å². The minimum absolute atomic E-state index is 0.181. The number of hydrogen-bond acceptors (Lipinski definition) is 6. The molecule has 0 saturated carbocycles. The Labute approximate surface area is 117 Å². The predicted octanol–water partition coefficient (Wildman–Crippen LogP) is 2.25. The van der Waals surface area contributed by atoms with Gasteiger partial charge in [-0.3, -0.25) is 0 Å². The number of carboxylic acids is 1. The van der Waals surface area contributed by atoms with Crippen molar-refractivity contribution in [3.8, 4) is 0 Å². The average Bonchev–Trinajstić information content (AvgIpc) is 3.07. The van der Waals surface area contributed by atoms with Crippen LogP contribution < -0.4 is 0 Å². The summed E-state index contributed by atoms with van der Waals surface area (Å²) < 4.78 is 16.2. The van der Waals surface area contributed by atoms with E-state index in [1.807, 2.05) is 6.92 Å². The van der Waals surface area contributed by atoms with Crippen LogP contribution in [-0.4, -0.2) is 33.9 Å². The fraction of sp³-hybridized carbons (Fsp3) is 0.769. The Hall–Kier alpha value is -1.47. The average molecular weight is 284 g/mol. The fourth-order valence-corrected chi connectivity index (χ4v) is 2.26. The lowest BCUT2D eigenvalue weighted by Gasteiger charge is -2.11. The largest absolute Gasteiger partial charge is 0.479 e. The van der Waals surface area contributed by atoms with Gasteiger partial charge in [0.25, 0.3) is 5.89 Å². The first-order chi connectivity index (χ1) is 9.65. The number of hydrogen-bond donors (Lipinski definition) is 1. The van der Waals surface area contributed by atoms with E-state index in [9.17, 15) is 4.79 Å². The predicted molar refractivity (Wildman–Crippen MR) is 68.1 cm³/mol. The standard InChI is InChI=1S/C13H20N2O5/c1-3-5-8(18-4-2)11-14-12(20-15-11)9-6-7-10(19-9)13(16)17/h8-10H,3-7H2,1-2H3,(H,16,17).